The summed E-state index contributed by atoms with van der Waals surface area (Å²) in [6.45, 7) is 1.52. The zero-order valence-electron chi connectivity index (χ0n) is 14.3. The van der Waals surface area contributed by atoms with Gasteiger partial charge in [0, 0.05) is 17.0 Å². The lowest BCUT2D eigenvalue weighted by Crippen LogP contribution is -2.31. The van der Waals surface area contributed by atoms with Crippen molar-refractivity contribution in [3.05, 3.63) is 65.9 Å². The second kappa shape index (κ2) is 7.74. The van der Waals surface area contributed by atoms with E-state index >= 15 is 0 Å². The number of ether oxygens (including phenoxy) is 1. The fraction of sp³-hybridized carbons (Fsp3) is 0.200. The van der Waals surface area contributed by atoms with Crippen LogP contribution in [0.25, 0.3) is 11.0 Å². The molecule has 6 heteroatoms. The molecule has 1 aromatic heterocycles. The normalized spacial score (nSPS) is 11.9. The average Bonchev–Trinajstić information content (AvgIpc) is 3.02. The Bertz CT molecular complexity index is 916. The van der Waals surface area contributed by atoms with Crippen molar-refractivity contribution >= 4 is 22.8 Å². The number of hydrogen-bond acceptors (Lipinski definition) is 5. The maximum Gasteiger partial charge on any atom is 0.310 e. The SMILES string of the molecule is C[C@H](NC(=O)COC(=O)Cc1coc2cc(O)ccc12)c1ccccc1. The molecule has 0 radical (unpaired) electrons. The van der Waals surface area contributed by atoms with Crippen LogP contribution in [0.2, 0.25) is 0 Å². The third kappa shape index (κ3) is 4.22. The molecule has 0 aliphatic carbocycles. The average molecular weight is 353 g/mol. The van der Waals surface area contributed by atoms with E-state index < -0.39 is 5.97 Å². The fourth-order valence-corrected chi connectivity index (χ4v) is 2.67. The van der Waals surface area contributed by atoms with Gasteiger partial charge in [-0.2, -0.15) is 0 Å². The quantitative estimate of drug-likeness (QED) is 0.665. The number of phenolic OH excluding ortho intramolecular Hbond substituents is 1. The number of amides is 1. The monoisotopic (exact) mass is 353 g/mol. The van der Waals surface area contributed by atoms with Crippen LogP contribution >= 0.6 is 0 Å². The molecule has 0 saturated heterocycles. The molecule has 1 heterocycles. The highest BCUT2D eigenvalue weighted by Crippen LogP contribution is 2.25. The zero-order valence-corrected chi connectivity index (χ0v) is 14.3. The van der Waals surface area contributed by atoms with Gasteiger partial charge in [-0.25, -0.2) is 0 Å². The van der Waals surface area contributed by atoms with Crippen molar-refractivity contribution in [1.82, 2.24) is 5.32 Å². The fourth-order valence-electron chi connectivity index (χ4n) is 2.67. The van der Waals surface area contributed by atoms with Crippen molar-refractivity contribution in [3.63, 3.8) is 0 Å². The van der Waals surface area contributed by atoms with Gasteiger partial charge < -0.3 is 19.6 Å². The van der Waals surface area contributed by atoms with Crippen LogP contribution in [0, 0.1) is 0 Å². The van der Waals surface area contributed by atoms with Gasteiger partial charge in [0.05, 0.1) is 18.7 Å². The van der Waals surface area contributed by atoms with Crippen molar-refractivity contribution < 1.29 is 23.8 Å². The smallest absolute Gasteiger partial charge is 0.310 e. The second-order valence-electron chi connectivity index (χ2n) is 5.98. The van der Waals surface area contributed by atoms with E-state index in [4.69, 9.17) is 9.15 Å². The second-order valence-corrected chi connectivity index (χ2v) is 5.98. The van der Waals surface area contributed by atoms with Crippen LogP contribution < -0.4 is 5.32 Å². The highest BCUT2D eigenvalue weighted by atomic mass is 16.5. The lowest BCUT2D eigenvalue weighted by atomic mass is 10.1. The lowest BCUT2D eigenvalue weighted by Gasteiger charge is -2.14. The van der Waals surface area contributed by atoms with Gasteiger partial charge in [0.2, 0.25) is 0 Å². The molecule has 6 nitrogen and oxygen atoms in total. The van der Waals surface area contributed by atoms with E-state index in [0.717, 1.165) is 10.9 Å². The minimum atomic E-state index is -0.525. The number of aromatic hydroxyl groups is 1. The van der Waals surface area contributed by atoms with E-state index in [1.165, 1.54) is 18.4 Å². The van der Waals surface area contributed by atoms with E-state index in [2.05, 4.69) is 5.32 Å². The van der Waals surface area contributed by atoms with Gasteiger partial charge in [0.1, 0.15) is 11.3 Å². The molecule has 0 spiro atoms. The first-order valence-electron chi connectivity index (χ1n) is 8.22. The number of esters is 1. The van der Waals surface area contributed by atoms with Crippen molar-refractivity contribution in [1.29, 1.82) is 0 Å². The summed E-state index contributed by atoms with van der Waals surface area (Å²) in [6.07, 6.45) is 1.43. The number of nitrogens with one attached hydrogen (secondary N) is 1. The Morgan fingerprint density at radius 3 is 2.73 bits per heavy atom. The molecule has 0 aliphatic heterocycles. The highest BCUT2D eigenvalue weighted by Gasteiger charge is 2.15. The molecule has 3 rings (SSSR count). The highest BCUT2D eigenvalue weighted by molar-refractivity contribution is 5.87. The summed E-state index contributed by atoms with van der Waals surface area (Å²) in [6, 6.07) is 14.0. The first kappa shape index (κ1) is 17.5. The first-order chi connectivity index (χ1) is 12.5. The van der Waals surface area contributed by atoms with Gasteiger partial charge in [0.25, 0.3) is 5.91 Å². The third-order valence-electron chi connectivity index (χ3n) is 4.02. The minimum Gasteiger partial charge on any atom is -0.508 e. The summed E-state index contributed by atoms with van der Waals surface area (Å²) in [5.74, 6) is -0.801. The van der Waals surface area contributed by atoms with Gasteiger partial charge >= 0.3 is 5.97 Å². The van der Waals surface area contributed by atoms with E-state index in [1.54, 1.807) is 6.07 Å². The molecular weight excluding hydrogens is 334 g/mol. The molecule has 0 saturated carbocycles. The molecule has 1 amide bonds. The number of carbonyl (C=O) groups is 2. The molecule has 0 unspecified atom stereocenters. The predicted octanol–water partition coefficient (Wildman–Crippen LogP) is 3.10. The maximum atomic E-state index is 12.0. The first-order valence-corrected chi connectivity index (χ1v) is 8.22. The van der Waals surface area contributed by atoms with Crippen LogP contribution in [0.5, 0.6) is 5.75 Å². The maximum absolute atomic E-state index is 12.0. The van der Waals surface area contributed by atoms with Crippen molar-refractivity contribution in [2.24, 2.45) is 0 Å². The van der Waals surface area contributed by atoms with Crippen molar-refractivity contribution in [2.45, 2.75) is 19.4 Å². The van der Waals surface area contributed by atoms with Gasteiger partial charge in [-0.05, 0) is 24.6 Å². The van der Waals surface area contributed by atoms with Gasteiger partial charge in [-0.15, -0.1) is 0 Å². The Hall–Kier alpha value is -3.28. The Labute approximate surface area is 150 Å². The van der Waals surface area contributed by atoms with Crippen molar-refractivity contribution in [3.8, 4) is 5.75 Å². The van der Waals surface area contributed by atoms with E-state index in [-0.39, 0.29) is 30.7 Å². The Morgan fingerprint density at radius 1 is 1.19 bits per heavy atom. The molecule has 3 aromatic rings. The van der Waals surface area contributed by atoms with Crippen LogP contribution in [0.15, 0.2) is 59.2 Å². The number of benzene rings is 2. The Balaban J connectivity index is 1.51. The van der Waals surface area contributed by atoms with E-state index in [9.17, 15) is 14.7 Å². The number of hydrogen-bond donors (Lipinski definition) is 2. The molecule has 2 N–H and O–H groups in total. The summed E-state index contributed by atoms with van der Waals surface area (Å²) >= 11 is 0. The molecule has 0 bridgehead atoms. The van der Waals surface area contributed by atoms with E-state index in [0.29, 0.717) is 11.1 Å². The number of furan rings is 1. The van der Waals surface area contributed by atoms with Crippen LogP contribution in [0.4, 0.5) is 0 Å². The third-order valence-corrected chi connectivity index (χ3v) is 4.02. The lowest BCUT2D eigenvalue weighted by molar-refractivity contribution is -0.148. The summed E-state index contributed by atoms with van der Waals surface area (Å²) < 4.78 is 10.4. The van der Waals surface area contributed by atoms with Crippen LogP contribution in [-0.2, 0) is 20.7 Å². The largest absolute Gasteiger partial charge is 0.508 e. The van der Waals surface area contributed by atoms with Crippen LogP contribution in [0.3, 0.4) is 0 Å². The topological polar surface area (TPSA) is 88.8 Å². The molecule has 134 valence electrons. The molecule has 0 aliphatic rings. The Kier molecular flexibility index (Phi) is 5.22. The minimum absolute atomic E-state index is 0.0146. The van der Waals surface area contributed by atoms with E-state index in [1.807, 2.05) is 37.3 Å². The number of rotatable bonds is 6. The van der Waals surface area contributed by atoms with Gasteiger partial charge in [-0.1, -0.05) is 30.3 Å². The Morgan fingerprint density at radius 2 is 1.96 bits per heavy atom. The number of fused-ring (bicyclic) bond motifs is 1. The molecule has 2 aromatic carbocycles. The summed E-state index contributed by atoms with van der Waals surface area (Å²) in [4.78, 5) is 23.9. The molecule has 26 heavy (non-hydrogen) atoms. The number of carbonyl (C=O) groups excluding carboxylic acids is 2. The summed E-state index contributed by atoms with van der Waals surface area (Å²) in [7, 11) is 0. The number of phenols is 1. The standard InChI is InChI=1S/C20H19NO5/c1-13(14-5-3-2-4-6-14)21-19(23)12-26-20(24)9-15-11-25-18-10-16(22)7-8-17(15)18/h2-8,10-11,13,22H,9,12H2,1H3,(H,21,23)/t13-/m0/s1. The molecule has 0 fully saturated rings. The van der Waals surface area contributed by atoms with Gasteiger partial charge in [-0.3, -0.25) is 9.59 Å². The van der Waals surface area contributed by atoms with Crippen molar-refractivity contribution in [2.75, 3.05) is 6.61 Å². The van der Waals surface area contributed by atoms with Gasteiger partial charge in [0.15, 0.2) is 6.61 Å². The molecule has 1 atom stereocenters. The van der Waals surface area contributed by atoms with Crippen LogP contribution in [-0.4, -0.2) is 23.6 Å². The zero-order chi connectivity index (χ0) is 18.5. The van der Waals surface area contributed by atoms with Crippen LogP contribution in [0.1, 0.15) is 24.1 Å². The predicted molar refractivity (Wildman–Crippen MR) is 95.5 cm³/mol. The molecular formula is C20H19NO5. The summed E-state index contributed by atoms with van der Waals surface area (Å²) in [5, 5.41) is 12.9. The summed E-state index contributed by atoms with van der Waals surface area (Å²) in [5.41, 5.74) is 2.10.